The Kier molecular flexibility index (Phi) is 6.27. The van der Waals surface area contributed by atoms with Crippen LogP contribution in [-0.2, 0) is 14.3 Å². The Morgan fingerprint density at radius 3 is 2.46 bits per heavy atom. The second-order valence-corrected chi connectivity index (χ2v) is 13.1. The number of amides is 2. The van der Waals surface area contributed by atoms with E-state index in [2.05, 4.69) is 4.98 Å². The number of ether oxygens (including phenoxy) is 2. The van der Waals surface area contributed by atoms with E-state index in [-0.39, 0.29) is 58.0 Å². The van der Waals surface area contributed by atoms with Crippen LogP contribution in [0.5, 0.6) is 11.5 Å². The lowest BCUT2D eigenvalue weighted by Gasteiger charge is -2.43. The zero-order chi connectivity index (χ0) is 28.6. The van der Waals surface area contributed by atoms with Crippen molar-refractivity contribution in [3.05, 3.63) is 68.1 Å². The number of phenolic OH excluding ortho intramolecular Hbond substituents is 1. The molecule has 2 amide bonds. The van der Waals surface area contributed by atoms with Gasteiger partial charge in [-0.15, -0.1) is 11.8 Å². The van der Waals surface area contributed by atoms with Gasteiger partial charge in [-0.2, -0.15) is 0 Å². The minimum absolute atomic E-state index is 0.0113. The lowest BCUT2D eigenvalue weighted by Crippen LogP contribution is -2.42. The summed E-state index contributed by atoms with van der Waals surface area (Å²) in [4.78, 5) is 57.5. The van der Waals surface area contributed by atoms with E-state index in [1.54, 1.807) is 49.0 Å². The average molecular weight is 593 g/mol. The van der Waals surface area contributed by atoms with Crippen molar-refractivity contribution in [1.82, 2.24) is 4.98 Å². The van der Waals surface area contributed by atoms with Gasteiger partial charge in [0, 0.05) is 16.0 Å². The number of H-pyrrole nitrogens is 1. The molecule has 4 aliphatic rings. The second-order valence-electron chi connectivity index (χ2n) is 10.9. The van der Waals surface area contributed by atoms with Gasteiger partial charge in [0.2, 0.25) is 11.8 Å². The predicted octanol–water partition coefficient (Wildman–Crippen LogP) is 4.40. The molecule has 2 N–H and O–H groups in total. The van der Waals surface area contributed by atoms with Crippen molar-refractivity contribution in [2.75, 3.05) is 18.1 Å². The number of aromatic amines is 1. The van der Waals surface area contributed by atoms with E-state index in [9.17, 15) is 24.3 Å². The van der Waals surface area contributed by atoms with Gasteiger partial charge in [0.05, 0.1) is 41.3 Å². The van der Waals surface area contributed by atoms with Crippen LogP contribution in [0.1, 0.15) is 47.0 Å². The number of carbonyl (C=O) groups excluding carboxylic acids is 3. The van der Waals surface area contributed by atoms with E-state index >= 15 is 0 Å². The van der Waals surface area contributed by atoms with Gasteiger partial charge in [-0.1, -0.05) is 17.4 Å². The topological polar surface area (TPSA) is 126 Å². The Hall–Kier alpha value is -3.57. The minimum Gasteiger partial charge on any atom is -0.504 e. The summed E-state index contributed by atoms with van der Waals surface area (Å²) in [5.41, 5.74) is 1.74. The van der Waals surface area contributed by atoms with Crippen molar-refractivity contribution in [3.8, 4) is 11.5 Å². The number of hydrogen-bond donors (Lipinski definition) is 2. The van der Waals surface area contributed by atoms with Crippen molar-refractivity contribution < 1.29 is 29.0 Å². The fraction of sp³-hybridized carbons (Fsp3) is 0.400. The van der Waals surface area contributed by atoms with Crippen LogP contribution < -0.4 is 14.5 Å². The van der Waals surface area contributed by atoms with Gasteiger partial charge >= 0.3 is 10.8 Å². The maximum atomic E-state index is 14.0. The van der Waals surface area contributed by atoms with Crippen molar-refractivity contribution in [1.29, 1.82) is 0 Å². The van der Waals surface area contributed by atoms with Gasteiger partial charge in [0.1, 0.15) is 0 Å². The fourth-order valence-corrected chi connectivity index (χ4v) is 10.5. The molecule has 0 radical (unpaired) electrons. The number of nitrogens with one attached hydrogen (secondary N) is 1. The number of nitrogens with zero attached hydrogens (tertiary/aromatic N) is 1. The van der Waals surface area contributed by atoms with Crippen LogP contribution in [0.25, 0.3) is 0 Å². The predicted molar refractivity (Wildman–Crippen MR) is 153 cm³/mol. The van der Waals surface area contributed by atoms with Crippen molar-refractivity contribution in [2.24, 2.45) is 29.6 Å². The first-order valence-electron chi connectivity index (χ1n) is 13.8. The summed E-state index contributed by atoms with van der Waals surface area (Å²) in [6.07, 6.45) is 0.775. The number of fused-ring (bicyclic) bond motifs is 9. The number of anilines is 1. The highest BCUT2D eigenvalue weighted by Crippen LogP contribution is 2.68. The van der Waals surface area contributed by atoms with Crippen LogP contribution in [0.4, 0.5) is 5.69 Å². The van der Waals surface area contributed by atoms with Crippen molar-refractivity contribution >= 4 is 46.6 Å². The standard InChI is InChI=1S/C30H28N2O7S2/c1-3-38-19-11-14(7-10-18(19)33)20-21-16-12-17(24(21)40-26-25(20)41-30(37)31-26)23-22(16)27(34)32(28(23)35)15-8-5-13(6-9-15)29(36)39-4-2/h5-11,16-17,20-24,33H,3-4,12H2,1-2H3,(H,31,37)/t16-,17-,20?,21?,22?,23?,24?/m1/s1. The molecule has 2 aliphatic carbocycles. The fourth-order valence-electron chi connectivity index (χ4n) is 7.60. The molecule has 2 aromatic carbocycles. The van der Waals surface area contributed by atoms with E-state index in [0.29, 0.717) is 23.6 Å². The molecular formula is C30H28N2O7S2. The summed E-state index contributed by atoms with van der Waals surface area (Å²) >= 11 is 2.82. The molecule has 5 unspecified atom stereocenters. The molecule has 9 nitrogen and oxygen atoms in total. The maximum absolute atomic E-state index is 14.0. The Morgan fingerprint density at radius 2 is 1.76 bits per heavy atom. The third kappa shape index (κ3) is 3.89. The molecule has 3 fully saturated rings. The van der Waals surface area contributed by atoms with Gasteiger partial charge in [-0.25, -0.2) is 4.79 Å². The van der Waals surface area contributed by atoms with Crippen molar-refractivity contribution in [3.63, 3.8) is 0 Å². The molecule has 11 heteroatoms. The smallest absolute Gasteiger partial charge is 0.338 e. The number of aromatic hydroxyl groups is 1. The number of thioether (sulfide) groups is 1. The number of aromatic nitrogens is 1. The highest BCUT2D eigenvalue weighted by molar-refractivity contribution is 8.00. The number of imide groups is 1. The number of phenols is 1. The van der Waals surface area contributed by atoms with Crippen LogP contribution in [-0.4, -0.2) is 46.3 Å². The first-order valence-corrected chi connectivity index (χ1v) is 15.5. The van der Waals surface area contributed by atoms with Gasteiger partial charge < -0.3 is 19.6 Å². The lowest BCUT2D eigenvalue weighted by molar-refractivity contribution is -0.123. The van der Waals surface area contributed by atoms with Crippen LogP contribution in [0.15, 0.2) is 52.3 Å². The highest BCUT2D eigenvalue weighted by Gasteiger charge is 2.69. The maximum Gasteiger partial charge on any atom is 0.338 e. The van der Waals surface area contributed by atoms with Gasteiger partial charge in [0.25, 0.3) is 0 Å². The number of benzene rings is 2. The SMILES string of the molecule is CCOC(=O)c1ccc(N2C(=O)C3C(C2=O)[C@@H]2C[C@H]3C3Sc4[nH]c(=O)sc4C(c4ccc(O)c(OCC)c4)C32)cc1. The van der Waals surface area contributed by atoms with Crippen LogP contribution in [0, 0.1) is 29.6 Å². The van der Waals surface area contributed by atoms with Crippen LogP contribution >= 0.6 is 23.1 Å². The molecule has 212 valence electrons. The van der Waals surface area contributed by atoms with Gasteiger partial charge in [-0.3, -0.25) is 19.3 Å². The van der Waals surface area contributed by atoms with Crippen LogP contribution in [0.3, 0.4) is 0 Å². The molecule has 0 spiro atoms. The van der Waals surface area contributed by atoms with E-state index < -0.39 is 17.8 Å². The summed E-state index contributed by atoms with van der Waals surface area (Å²) in [6, 6.07) is 11.7. The highest BCUT2D eigenvalue weighted by atomic mass is 32.2. The molecule has 7 atom stereocenters. The molecule has 3 heterocycles. The molecule has 41 heavy (non-hydrogen) atoms. The number of thiazole rings is 1. The number of carbonyl (C=O) groups is 3. The van der Waals surface area contributed by atoms with Gasteiger partial charge in [-0.05, 0) is 80.0 Å². The molecular weight excluding hydrogens is 564 g/mol. The summed E-state index contributed by atoms with van der Waals surface area (Å²) in [7, 11) is 0. The monoisotopic (exact) mass is 592 g/mol. The van der Waals surface area contributed by atoms with Gasteiger partial charge in [0.15, 0.2) is 11.5 Å². The lowest BCUT2D eigenvalue weighted by atomic mass is 9.68. The van der Waals surface area contributed by atoms with E-state index in [4.69, 9.17) is 9.47 Å². The number of esters is 1. The summed E-state index contributed by atoms with van der Waals surface area (Å²) in [5.74, 6) is -1.46. The Labute approximate surface area is 243 Å². The third-order valence-corrected chi connectivity index (χ3v) is 11.6. The largest absolute Gasteiger partial charge is 0.504 e. The Morgan fingerprint density at radius 1 is 1.02 bits per heavy atom. The Balaban J connectivity index is 1.26. The summed E-state index contributed by atoms with van der Waals surface area (Å²) < 4.78 is 10.7. The quantitative estimate of drug-likeness (QED) is 0.319. The van der Waals surface area contributed by atoms with E-state index in [1.165, 1.54) is 16.2 Å². The van der Waals surface area contributed by atoms with E-state index in [1.807, 2.05) is 19.1 Å². The third-order valence-electron chi connectivity index (χ3n) is 9.00. The molecule has 3 aromatic rings. The normalized spacial score (nSPS) is 29.3. The number of rotatable bonds is 6. The first-order chi connectivity index (χ1) is 19.8. The minimum atomic E-state index is -0.451. The first kappa shape index (κ1) is 26.3. The van der Waals surface area contributed by atoms with Crippen molar-refractivity contribution in [2.45, 2.75) is 36.5 Å². The second kappa shape index (κ2) is 9.77. The molecule has 1 saturated heterocycles. The zero-order valence-corrected chi connectivity index (χ0v) is 24.0. The molecule has 2 bridgehead atoms. The van der Waals surface area contributed by atoms with Crippen LogP contribution in [0.2, 0.25) is 0 Å². The molecule has 2 aliphatic heterocycles. The molecule has 1 aromatic heterocycles. The Bertz CT molecular complexity index is 1630. The summed E-state index contributed by atoms with van der Waals surface area (Å²) in [6.45, 7) is 4.24. The molecule has 2 saturated carbocycles. The average Bonchev–Trinajstić information content (AvgIpc) is 3.69. The molecule has 7 rings (SSSR count). The number of hydrogen-bond acceptors (Lipinski definition) is 9. The zero-order valence-electron chi connectivity index (χ0n) is 22.4. The van der Waals surface area contributed by atoms with E-state index in [0.717, 1.165) is 21.9 Å². The summed E-state index contributed by atoms with van der Waals surface area (Å²) in [5, 5.41) is 11.2.